The molecule has 1 rings (SSSR count). The molecule has 1 aromatic rings. The average molecular weight is 288 g/mol. The lowest BCUT2D eigenvalue weighted by atomic mass is 10.3. The van der Waals surface area contributed by atoms with Crippen LogP contribution in [-0.2, 0) is 11.3 Å². The van der Waals surface area contributed by atoms with Crippen LogP contribution in [-0.4, -0.2) is 17.9 Å². The van der Waals surface area contributed by atoms with E-state index in [4.69, 9.17) is 0 Å². The first-order valence-corrected chi connectivity index (χ1v) is 6.24. The molecule has 0 saturated heterocycles. The number of carbonyl (C=O) groups excluding carboxylic acids is 1. The van der Waals surface area contributed by atoms with Crippen molar-refractivity contribution in [2.75, 3.05) is 7.05 Å². The number of amides is 1. The zero-order chi connectivity index (χ0) is 11.4. The van der Waals surface area contributed by atoms with Crippen LogP contribution in [0.4, 0.5) is 0 Å². The molecule has 15 heavy (non-hydrogen) atoms. The number of halogens is 1. The molecule has 0 aliphatic carbocycles. The summed E-state index contributed by atoms with van der Waals surface area (Å²) in [5.41, 5.74) is 1.03. The third-order valence-corrected chi connectivity index (χ3v) is 3.42. The number of likely N-dealkylation sites (N-methyl/N-ethyl adjacent to an activating group) is 1. The van der Waals surface area contributed by atoms with E-state index in [1.807, 2.05) is 33.0 Å². The van der Waals surface area contributed by atoms with Gasteiger partial charge in [-0.05, 0) is 41.9 Å². The van der Waals surface area contributed by atoms with Crippen LogP contribution in [0.25, 0.3) is 0 Å². The van der Waals surface area contributed by atoms with Gasteiger partial charge in [-0.15, -0.1) is 11.3 Å². The van der Waals surface area contributed by atoms with Gasteiger partial charge in [0.2, 0.25) is 5.91 Å². The Morgan fingerprint density at radius 3 is 2.67 bits per heavy atom. The molecule has 0 atom stereocenters. The summed E-state index contributed by atoms with van der Waals surface area (Å²) in [5.74, 6) is 0.0551. The Labute approximate surface area is 103 Å². The maximum Gasteiger partial charge on any atom is 0.246 e. The molecule has 4 heteroatoms. The number of carbonyl (C=O) groups is 1. The van der Waals surface area contributed by atoms with E-state index in [9.17, 15) is 4.79 Å². The Bertz CT molecular complexity index is 380. The van der Waals surface area contributed by atoms with Gasteiger partial charge in [-0.25, -0.2) is 0 Å². The summed E-state index contributed by atoms with van der Waals surface area (Å²) >= 11 is 5.06. The topological polar surface area (TPSA) is 20.3 Å². The van der Waals surface area contributed by atoms with Crippen molar-refractivity contribution in [3.63, 3.8) is 0 Å². The Morgan fingerprint density at radius 2 is 2.20 bits per heavy atom. The molecular formula is C11H14BrNOS. The third kappa shape index (κ3) is 4.18. The van der Waals surface area contributed by atoms with Crippen LogP contribution in [0.2, 0.25) is 0 Å². The maximum atomic E-state index is 11.6. The van der Waals surface area contributed by atoms with Gasteiger partial charge in [-0.1, -0.05) is 5.57 Å². The summed E-state index contributed by atoms with van der Waals surface area (Å²) in [6.45, 7) is 4.51. The van der Waals surface area contributed by atoms with Crippen molar-refractivity contribution in [1.82, 2.24) is 4.90 Å². The molecule has 0 fully saturated rings. The first-order chi connectivity index (χ1) is 6.99. The second-order valence-corrected chi connectivity index (χ2v) is 6.17. The highest BCUT2D eigenvalue weighted by Crippen LogP contribution is 2.22. The summed E-state index contributed by atoms with van der Waals surface area (Å²) in [6.07, 6.45) is 1.66. The van der Waals surface area contributed by atoms with Crippen LogP contribution in [0.1, 0.15) is 18.7 Å². The van der Waals surface area contributed by atoms with Crippen molar-refractivity contribution in [1.29, 1.82) is 0 Å². The van der Waals surface area contributed by atoms with Gasteiger partial charge in [0.25, 0.3) is 0 Å². The van der Waals surface area contributed by atoms with Gasteiger partial charge < -0.3 is 4.90 Å². The number of allylic oxidation sites excluding steroid dienone is 1. The van der Waals surface area contributed by atoms with E-state index < -0.39 is 0 Å². The minimum absolute atomic E-state index is 0.0551. The molecular weight excluding hydrogens is 274 g/mol. The van der Waals surface area contributed by atoms with Crippen LogP contribution in [0.3, 0.4) is 0 Å². The second-order valence-electron chi connectivity index (χ2n) is 3.62. The number of rotatable bonds is 3. The van der Waals surface area contributed by atoms with Crippen LogP contribution < -0.4 is 0 Å². The summed E-state index contributed by atoms with van der Waals surface area (Å²) < 4.78 is 1.10. The van der Waals surface area contributed by atoms with Crippen LogP contribution >= 0.6 is 27.3 Å². The van der Waals surface area contributed by atoms with Gasteiger partial charge in [0, 0.05) is 18.0 Å². The van der Waals surface area contributed by atoms with E-state index in [0.29, 0.717) is 6.54 Å². The minimum atomic E-state index is 0.0551. The fourth-order valence-electron chi connectivity index (χ4n) is 1.11. The van der Waals surface area contributed by atoms with Crippen LogP contribution in [0, 0.1) is 0 Å². The Morgan fingerprint density at radius 1 is 1.53 bits per heavy atom. The van der Waals surface area contributed by atoms with Crippen molar-refractivity contribution < 1.29 is 4.79 Å². The van der Waals surface area contributed by atoms with E-state index in [-0.39, 0.29) is 5.91 Å². The number of thiophene rings is 1. The SMILES string of the molecule is CC(C)=CC(=O)N(C)Cc1ccc(Br)s1. The Hall–Kier alpha value is -0.610. The molecule has 1 amide bonds. The van der Waals surface area contributed by atoms with Gasteiger partial charge in [-0.2, -0.15) is 0 Å². The van der Waals surface area contributed by atoms with E-state index >= 15 is 0 Å². The van der Waals surface area contributed by atoms with Crippen molar-refractivity contribution >= 4 is 33.2 Å². The predicted molar refractivity (Wildman–Crippen MR) is 67.9 cm³/mol. The molecule has 82 valence electrons. The lowest BCUT2D eigenvalue weighted by Gasteiger charge is -2.13. The molecule has 0 unspecified atom stereocenters. The quantitative estimate of drug-likeness (QED) is 0.780. The molecule has 2 nitrogen and oxygen atoms in total. The molecule has 0 spiro atoms. The molecule has 0 N–H and O–H groups in total. The maximum absolute atomic E-state index is 11.6. The smallest absolute Gasteiger partial charge is 0.246 e. The summed E-state index contributed by atoms with van der Waals surface area (Å²) in [5, 5.41) is 0. The molecule has 0 aliphatic rings. The van der Waals surface area contributed by atoms with E-state index in [0.717, 1.165) is 9.36 Å². The monoisotopic (exact) mass is 287 g/mol. The first kappa shape index (κ1) is 12.5. The summed E-state index contributed by atoms with van der Waals surface area (Å²) in [7, 11) is 1.81. The largest absolute Gasteiger partial charge is 0.337 e. The van der Waals surface area contributed by atoms with Gasteiger partial charge in [0.15, 0.2) is 0 Å². The average Bonchev–Trinajstić information content (AvgIpc) is 2.50. The third-order valence-electron chi connectivity index (χ3n) is 1.81. The van der Waals surface area contributed by atoms with Gasteiger partial charge >= 0.3 is 0 Å². The normalized spacial score (nSPS) is 9.87. The fourth-order valence-corrected chi connectivity index (χ4v) is 2.64. The molecule has 0 aliphatic heterocycles. The van der Waals surface area contributed by atoms with Gasteiger partial charge in [-0.3, -0.25) is 4.79 Å². The van der Waals surface area contributed by atoms with E-state index in [1.54, 1.807) is 22.3 Å². The standard InChI is InChI=1S/C11H14BrNOS/c1-8(2)6-11(14)13(3)7-9-4-5-10(12)15-9/h4-6H,7H2,1-3H3. The molecule has 0 aromatic carbocycles. The Kier molecular flexibility index (Phi) is 4.54. The van der Waals surface area contributed by atoms with Crippen molar-refractivity contribution in [3.8, 4) is 0 Å². The number of nitrogens with zero attached hydrogens (tertiary/aromatic N) is 1. The summed E-state index contributed by atoms with van der Waals surface area (Å²) in [4.78, 5) is 14.5. The molecule has 0 saturated carbocycles. The lowest BCUT2D eigenvalue weighted by molar-refractivity contribution is -0.125. The molecule has 0 radical (unpaired) electrons. The van der Waals surface area contributed by atoms with Crippen molar-refractivity contribution in [3.05, 3.63) is 32.4 Å². The predicted octanol–water partition coefficient (Wildman–Crippen LogP) is 3.44. The van der Waals surface area contributed by atoms with E-state index in [2.05, 4.69) is 15.9 Å². The zero-order valence-electron chi connectivity index (χ0n) is 9.08. The molecule has 0 bridgehead atoms. The van der Waals surface area contributed by atoms with E-state index in [1.165, 1.54) is 4.88 Å². The minimum Gasteiger partial charge on any atom is -0.337 e. The second kappa shape index (κ2) is 5.47. The summed E-state index contributed by atoms with van der Waals surface area (Å²) in [6, 6.07) is 4.03. The highest BCUT2D eigenvalue weighted by molar-refractivity contribution is 9.11. The lowest BCUT2D eigenvalue weighted by Crippen LogP contribution is -2.23. The zero-order valence-corrected chi connectivity index (χ0v) is 11.5. The van der Waals surface area contributed by atoms with Crippen LogP contribution in [0.15, 0.2) is 27.6 Å². The highest BCUT2D eigenvalue weighted by atomic mass is 79.9. The van der Waals surface area contributed by atoms with Gasteiger partial charge in [0.1, 0.15) is 0 Å². The highest BCUT2D eigenvalue weighted by Gasteiger charge is 2.07. The number of hydrogen-bond acceptors (Lipinski definition) is 2. The van der Waals surface area contributed by atoms with Crippen molar-refractivity contribution in [2.24, 2.45) is 0 Å². The Balaban J connectivity index is 2.59. The van der Waals surface area contributed by atoms with Gasteiger partial charge in [0.05, 0.1) is 10.3 Å². The molecule has 1 heterocycles. The van der Waals surface area contributed by atoms with Crippen LogP contribution in [0.5, 0.6) is 0 Å². The fraction of sp³-hybridized carbons (Fsp3) is 0.364. The van der Waals surface area contributed by atoms with Crippen molar-refractivity contribution in [2.45, 2.75) is 20.4 Å². The first-order valence-electron chi connectivity index (χ1n) is 4.63. The number of hydrogen-bond donors (Lipinski definition) is 0. The molecule has 1 aromatic heterocycles.